The average molecular weight is 354 g/mol. The zero-order chi connectivity index (χ0) is 15.9. The van der Waals surface area contributed by atoms with E-state index in [1.54, 1.807) is 0 Å². The lowest BCUT2D eigenvalue weighted by atomic mass is 10.2. The Morgan fingerprint density at radius 1 is 1.18 bits per heavy atom. The van der Waals surface area contributed by atoms with Crippen molar-refractivity contribution in [3.05, 3.63) is 62.7 Å². The van der Waals surface area contributed by atoms with Crippen LogP contribution in [0.5, 0.6) is 0 Å². The monoisotopic (exact) mass is 353 g/mol. The summed E-state index contributed by atoms with van der Waals surface area (Å²) in [7, 11) is 0. The molecule has 0 aliphatic carbocycles. The molecule has 0 atom stereocenters. The van der Waals surface area contributed by atoms with Gasteiger partial charge in [-0.15, -0.1) is 11.3 Å². The molecule has 2 nitrogen and oxygen atoms in total. The molecule has 0 aliphatic heterocycles. The van der Waals surface area contributed by atoms with Crippen LogP contribution in [0.25, 0.3) is 10.1 Å². The number of carbonyl (C=O) groups excluding carboxylic acids is 1. The molecule has 0 fully saturated rings. The Hall–Kier alpha value is -1.62. The Bertz CT molecular complexity index is 891. The predicted molar refractivity (Wildman–Crippen MR) is 90.9 cm³/mol. The summed E-state index contributed by atoms with van der Waals surface area (Å²) in [5, 5.41) is 3.90. The van der Waals surface area contributed by atoms with E-state index in [4.69, 9.17) is 23.2 Å². The zero-order valence-electron chi connectivity index (χ0n) is 11.4. The van der Waals surface area contributed by atoms with E-state index in [1.807, 2.05) is 25.1 Å². The summed E-state index contributed by atoms with van der Waals surface area (Å²) in [5.41, 5.74) is 1.52. The Labute approximate surface area is 140 Å². The van der Waals surface area contributed by atoms with Crippen LogP contribution in [0.4, 0.5) is 10.1 Å². The highest BCUT2D eigenvalue weighted by Crippen LogP contribution is 2.36. The topological polar surface area (TPSA) is 29.1 Å². The van der Waals surface area contributed by atoms with Crippen LogP contribution in [0, 0.1) is 12.7 Å². The first kappa shape index (κ1) is 15.3. The summed E-state index contributed by atoms with van der Waals surface area (Å²) in [6.45, 7) is 1.98. The van der Waals surface area contributed by atoms with Crippen LogP contribution in [0.3, 0.4) is 0 Å². The highest BCUT2D eigenvalue weighted by molar-refractivity contribution is 7.21. The van der Waals surface area contributed by atoms with Crippen molar-refractivity contribution >= 4 is 56.2 Å². The fourth-order valence-corrected chi connectivity index (χ4v) is 3.77. The molecule has 0 radical (unpaired) electrons. The van der Waals surface area contributed by atoms with Crippen LogP contribution in [-0.4, -0.2) is 5.91 Å². The van der Waals surface area contributed by atoms with Crippen molar-refractivity contribution in [2.24, 2.45) is 0 Å². The van der Waals surface area contributed by atoms with Gasteiger partial charge in [0.2, 0.25) is 0 Å². The second-order valence-corrected chi connectivity index (χ2v) is 6.67. The fraction of sp³-hybridized carbons (Fsp3) is 0.0625. The molecule has 0 saturated carbocycles. The average Bonchev–Trinajstić information content (AvgIpc) is 2.79. The molecule has 22 heavy (non-hydrogen) atoms. The quantitative estimate of drug-likeness (QED) is 0.609. The third-order valence-electron chi connectivity index (χ3n) is 3.17. The molecule has 0 aliphatic rings. The normalized spacial score (nSPS) is 10.9. The Morgan fingerprint density at radius 2 is 1.95 bits per heavy atom. The molecular formula is C16H10Cl2FNOS. The number of hydrogen-bond donors (Lipinski definition) is 1. The van der Waals surface area contributed by atoms with E-state index >= 15 is 0 Å². The summed E-state index contributed by atoms with van der Waals surface area (Å²) in [5.74, 6) is -0.874. The molecule has 2 aromatic carbocycles. The van der Waals surface area contributed by atoms with Gasteiger partial charge in [-0.2, -0.15) is 0 Å². The molecule has 3 aromatic rings. The number of anilines is 1. The van der Waals surface area contributed by atoms with Crippen LogP contribution < -0.4 is 5.32 Å². The zero-order valence-corrected chi connectivity index (χ0v) is 13.7. The van der Waals surface area contributed by atoms with E-state index in [9.17, 15) is 9.18 Å². The van der Waals surface area contributed by atoms with E-state index in [0.29, 0.717) is 15.6 Å². The lowest BCUT2D eigenvalue weighted by Gasteiger charge is -2.04. The van der Waals surface area contributed by atoms with Gasteiger partial charge in [0, 0.05) is 15.8 Å². The molecule has 1 heterocycles. The van der Waals surface area contributed by atoms with Gasteiger partial charge in [0.25, 0.3) is 5.91 Å². The Balaban J connectivity index is 1.94. The Kier molecular flexibility index (Phi) is 4.08. The molecule has 1 amide bonds. The van der Waals surface area contributed by atoms with Gasteiger partial charge < -0.3 is 5.32 Å². The second kappa shape index (κ2) is 5.88. The first-order valence-corrected chi connectivity index (χ1v) is 7.98. The maximum absolute atomic E-state index is 13.1. The summed E-state index contributed by atoms with van der Waals surface area (Å²) in [6.07, 6.45) is 0. The number of aryl methyl sites for hydroxylation is 1. The van der Waals surface area contributed by atoms with Gasteiger partial charge in [-0.25, -0.2) is 4.39 Å². The number of thiophene rings is 1. The SMILES string of the molecule is Cc1ccc2c(Cl)c(C(=O)Nc3ccc(F)c(Cl)c3)sc2c1. The molecule has 1 N–H and O–H groups in total. The molecule has 112 valence electrons. The summed E-state index contributed by atoms with van der Waals surface area (Å²) >= 11 is 13.3. The van der Waals surface area contributed by atoms with E-state index < -0.39 is 5.82 Å². The standard InChI is InChI=1S/C16H10Cl2FNOS/c1-8-2-4-10-13(6-8)22-15(14(10)18)16(21)20-9-3-5-12(19)11(17)7-9/h2-7H,1H3,(H,20,21). The van der Waals surface area contributed by atoms with Crippen molar-refractivity contribution in [3.8, 4) is 0 Å². The summed E-state index contributed by atoms with van der Waals surface area (Å²) in [4.78, 5) is 12.8. The van der Waals surface area contributed by atoms with Gasteiger partial charge in [0.15, 0.2) is 0 Å². The highest BCUT2D eigenvalue weighted by Gasteiger charge is 2.17. The minimum Gasteiger partial charge on any atom is -0.321 e. The molecular weight excluding hydrogens is 344 g/mol. The van der Waals surface area contributed by atoms with Crippen molar-refractivity contribution < 1.29 is 9.18 Å². The minimum absolute atomic E-state index is 0.0455. The smallest absolute Gasteiger partial charge is 0.267 e. The van der Waals surface area contributed by atoms with Gasteiger partial charge in [-0.1, -0.05) is 35.3 Å². The number of carbonyl (C=O) groups is 1. The van der Waals surface area contributed by atoms with Crippen LogP contribution in [0.2, 0.25) is 10.0 Å². The molecule has 3 rings (SSSR count). The number of amides is 1. The van der Waals surface area contributed by atoms with E-state index in [-0.39, 0.29) is 10.9 Å². The van der Waals surface area contributed by atoms with Crippen molar-refractivity contribution in [1.29, 1.82) is 0 Å². The summed E-state index contributed by atoms with van der Waals surface area (Å²) < 4.78 is 14.1. The number of nitrogens with one attached hydrogen (secondary N) is 1. The predicted octanol–water partition coefficient (Wildman–Crippen LogP) is 5.91. The van der Waals surface area contributed by atoms with Gasteiger partial charge in [-0.05, 0) is 36.8 Å². The minimum atomic E-state index is -0.532. The third-order valence-corrected chi connectivity index (χ3v) is 5.11. The van der Waals surface area contributed by atoms with E-state index in [1.165, 1.54) is 29.5 Å². The molecule has 0 spiro atoms. The maximum atomic E-state index is 13.1. The lowest BCUT2D eigenvalue weighted by Crippen LogP contribution is -2.10. The number of hydrogen-bond acceptors (Lipinski definition) is 2. The van der Waals surface area contributed by atoms with Crippen molar-refractivity contribution in [1.82, 2.24) is 0 Å². The van der Waals surface area contributed by atoms with Crippen LogP contribution in [-0.2, 0) is 0 Å². The first-order chi connectivity index (χ1) is 10.5. The van der Waals surface area contributed by atoms with Gasteiger partial charge in [0.05, 0.1) is 10.0 Å². The van der Waals surface area contributed by atoms with Crippen LogP contribution in [0.1, 0.15) is 15.2 Å². The number of halogens is 3. The fourth-order valence-electron chi connectivity index (χ4n) is 2.08. The van der Waals surface area contributed by atoms with E-state index in [2.05, 4.69) is 5.32 Å². The maximum Gasteiger partial charge on any atom is 0.267 e. The van der Waals surface area contributed by atoms with Crippen molar-refractivity contribution in [2.45, 2.75) is 6.92 Å². The van der Waals surface area contributed by atoms with Gasteiger partial charge in [-0.3, -0.25) is 4.79 Å². The van der Waals surface area contributed by atoms with Gasteiger partial charge in [0.1, 0.15) is 10.7 Å². The number of rotatable bonds is 2. The number of fused-ring (bicyclic) bond motifs is 1. The van der Waals surface area contributed by atoms with Gasteiger partial charge >= 0.3 is 0 Å². The highest BCUT2D eigenvalue weighted by atomic mass is 35.5. The molecule has 1 aromatic heterocycles. The van der Waals surface area contributed by atoms with Crippen LogP contribution >= 0.6 is 34.5 Å². The first-order valence-electron chi connectivity index (χ1n) is 6.41. The largest absolute Gasteiger partial charge is 0.321 e. The van der Waals surface area contributed by atoms with Crippen LogP contribution in [0.15, 0.2) is 36.4 Å². The molecule has 6 heteroatoms. The molecule has 0 saturated heterocycles. The summed E-state index contributed by atoms with van der Waals surface area (Å²) in [6, 6.07) is 9.84. The number of benzene rings is 2. The third kappa shape index (κ3) is 2.82. The second-order valence-electron chi connectivity index (χ2n) is 4.83. The van der Waals surface area contributed by atoms with Crippen molar-refractivity contribution in [3.63, 3.8) is 0 Å². The van der Waals surface area contributed by atoms with Crippen molar-refractivity contribution in [2.75, 3.05) is 5.32 Å². The molecule has 0 unspecified atom stereocenters. The Morgan fingerprint density at radius 3 is 2.68 bits per heavy atom. The molecule has 0 bridgehead atoms. The lowest BCUT2D eigenvalue weighted by molar-refractivity contribution is 0.103. The van der Waals surface area contributed by atoms with E-state index in [0.717, 1.165) is 15.6 Å².